The number of hydrogen-bond acceptors (Lipinski definition) is 3. The van der Waals surface area contributed by atoms with Crippen molar-refractivity contribution in [1.29, 1.82) is 0 Å². The Morgan fingerprint density at radius 3 is 2.74 bits per heavy atom. The van der Waals surface area contributed by atoms with E-state index in [9.17, 15) is 10.1 Å². The van der Waals surface area contributed by atoms with E-state index in [0.717, 1.165) is 24.9 Å². The first-order valence-electron chi connectivity index (χ1n) is 7.18. The molecule has 0 aromatic heterocycles. The van der Waals surface area contributed by atoms with Crippen molar-refractivity contribution in [3.8, 4) is 0 Å². The molecule has 1 atom stereocenters. The van der Waals surface area contributed by atoms with E-state index in [2.05, 4.69) is 12.2 Å². The summed E-state index contributed by atoms with van der Waals surface area (Å²) in [5, 5.41) is 14.6. The second-order valence-electron chi connectivity index (χ2n) is 5.34. The second kappa shape index (κ2) is 6.66. The highest BCUT2D eigenvalue weighted by Crippen LogP contribution is 2.32. The molecule has 1 unspecified atom stereocenters. The third-order valence-electron chi connectivity index (χ3n) is 4.00. The number of hydrogen-bond donors (Lipinski definition) is 1. The van der Waals surface area contributed by atoms with Gasteiger partial charge in [0.25, 0.3) is 5.69 Å². The molecule has 1 N–H and O–H groups in total. The van der Waals surface area contributed by atoms with Crippen LogP contribution in [0.5, 0.6) is 0 Å². The van der Waals surface area contributed by atoms with Gasteiger partial charge < -0.3 is 5.32 Å². The lowest BCUT2D eigenvalue weighted by Gasteiger charge is -2.34. The molecule has 1 aliphatic carbocycles. The van der Waals surface area contributed by atoms with Gasteiger partial charge in [-0.1, -0.05) is 31.5 Å². The summed E-state index contributed by atoms with van der Waals surface area (Å²) in [5.41, 5.74) is 1.11. The lowest BCUT2D eigenvalue weighted by Crippen LogP contribution is -2.41. The van der Waals surface area contributed by atoms with Crippen molar-refractivity contribution in [3.63, 3.8) is 0 Å². The van der Waals surface area contributed by atoms with Crippen LogP contribution in [0.1, 0.15) is 38.2 Å². The maximum absolute atomic E-state index is 11.1. The topological polar surface area (TPSA) is 55.2 Å². The zero-order chi connectivity index (χ0) is 13.7. The number of rotatable bonds is 7. The van der Waals surface area contributed by atoms with Gasteiger partial charge in [0, 0.05) is 17.7 Å². The fraction of sp³-hybridized carbons (Fsp3) is 0.600. The lowest BCUT2D eigenvalue weighted by atomic mass is 9.77. The van der Waals surface area contributed by atoms with Gasteiger partial charge in [0.15, 0.2) is 0 Å². The number of nitro benzene ring substituents is 1. The predicted molar refractivity (Wildman–Crippen MR) is 76.2 cm³/mol. The molecule has 19 heavy (non-hydrogen) atoms. The minimum Gasteiger partial charge on any atom is -0.313 e. The molecular formula is C15H22N2O2. The Kier molecular flexibility index (Phi) is 4.91. The number of nitrogens with zero attached hydrogens (tertiary/aromatic N) is 1. The Balaban J connectivity index is 2.09. The maximum Gasteiger partial charge on any atom is 0.272 e. The Bertz CT molecular complexity index is 430. The van der Waals surface area contributed by atoms with E-state index in [1.165, 1.54) is 19.3 Å². The van der Waals surface area contributed by atoms with Crippen LogP contribution < -0.4 is 5.32 Å². The summed E-state index contributed by atoms with van der Waals surface area (Å²) >= 11 is 0. The van der Waals surface area contributed by atoms with Gasteiger partial charge in [-0.25, -0.2) is 0 Å². The molecule has 0 aliphatic heterocycles. The molecule has 1 aliphatic rings. The molecule has 104 valence electrons. The van der Waals surface area contributed by atoms with Gasteiger partial charge >= 0.3 is 0 Å². The van der Waals surface area contributed by atoms with Gasteiger partial charge in [0.1, 0.15) is 0 Å². The SMILES string of the molecule is CCCNC(Cc1ccccc1[N+](=O)[O-])C1CCC1. The molecule has 0 saturated heterocycles. The summed E-state index contributed by atoms with van der Waals surface area (Å²) in [6, 6.07) is 7.50. The summed E-state index contributed by atoms with van der Waals surface area (Å²) in [6.45, 7) is 3.14. The lowest BCUT2D eigenvalue weighted by molar-refractivity contribution is -0.385. The highest BCUT2D eigenvalue weighted by molar-refractivity contribution is 5.40. The monoisotopic (exact) mass is 262 g/mol. The summed E-state index contributed by atoms with van der Waals surface area (Å²) in [5.74, 6) is 0.686. The molecule has 2 rings (SSSR count). The quantitative estimate of drug-likeness (QED) is 0.606. The molecule has 0 heterocycles. The molecule has 0 radical (unpaired) electrons. The van der Waals surface area contributed by atoms with Crippen molar-refractivity contribution in [3.05, 3.63) is 39.9 Å². The molecule has 1 aromatic rings. The van der Waals surface area contributed by atoms with Crippen molar-refractivity contribution < 1.29 is 4.92 Å². The fourth-order valence-electron chi connectivity index (χ4n) is 2.68. The molecule has 1 saturated carbocycles. The predicted octanol–water partition coefficient (Wildman–Crippen LogP) is 3.31. The Morgan fingerprint density at radius 1 is 1.42 bits per heavy atom. The van der Waals surface area contributed by atoms with Crippen LogP contribution in [0.15, 0.2) is 24.3 Å². The summed E-state index contributed by atoms with van der Waals surface area (Å²) in [7, 11) is 0. The Morgan fingerprint density at radius 2 is 2.16 bits per heavy atom. The molecule has 1 aromatic carbocycles. The van der Waals surface area contributed by atoms with E-state index in [1.54, 1.807) is 12.1 Å². The van der Waals surface area contributed by atoms with Crippen molar-refractivity contribution in [2.24, 2.45) is 5.92 Å². The molecule has 1 fully saturated rings. The third kappa shape index (κ3) is 3.53. The Hall–Kier alpha value is -1.42. The van der Waals surface area contributed by atoms with Gasteiger partial charge in [-0.05, 0) is 38.1 Å². The van der Waals surface area contributed by atoms with E-state index < -0.39 is 0 Å². The molecule has 4 heteroatoms. The standard InChI is InChI=1S/C15H22N2O2/c1-2-10-16-14(12-7-5-8-12)11-13-6-3-4-9-15(13)17(18)19/h3-4,6,9,12,14,16H,2,5,7-8,10-11H2,1H3. The average molecular weight is 262 g/mol. The molecule has 0 amide bonds. The maximum atomic E-state index is 11.1. The van der Waals surface area contributed by atoms with Crippen LogP contribution in [-0.2, 0) is 6.42 Å². The summed E-state index contributed by atoms with van der Waals surface area (Å²) < 4.78 is 0. The van der Waals surface area contributed by atoms with Crippen LogP contribution in [0, 0.1) is 16.0 Å². The fourth-order valence-corrected chi connectivity index (χ4v) is 2.68. The van der Waals surface area contributed by atoms with Crippen LogP contribution in [0.3, 0.4) is 0 Å². The van der Waals surface area contributed by atoms with Gasteiger partial charge in [-0.3, -0.25) is 10.1 Å². The van der Waals surface area contributed by atoms with Crippen LogP contribution in [0.25, 0.3) is 0 Å². The van der Waals surface area contributed by atoms with Crippen molar-refractivity contribution in [2.45, 2.75) is 45.1 Å². The first-order chi connectivity index (χ1) is 9.22. The van der Waals surface area contributed by atoms with Crippen molar-refractivity contribution in [1.82, 2.24) is 5.32 Å². The van der Waals surface area contributed by atoms with E-state index in [4.69, 9.17) is 0 Å². The smallest absolute Gasteiger partial charge is 0.272 e. The Labute approximate surface area is 114 Å². The van der Waals surface area contributed by atoms with Crippen LogP contribution in [0.2, 0.25) is 0 Å². The van der Waals surface area contributed by atoms with Gasteiger partial charge in [-0.2, -0.15) is 0 Å². The minimum atomic E-state index is -0.271. The number of benzene rings is 1. The van der Waals surface area contributed by atoms with E-state index >= 15 is 0 Å². The second-order valence-corrected chi connectivity index (χ2v) is 5.34. The van der Waals surface area contributed by atoms with Crippen LogP contribution >= 0.6 is 0 Å². The first-order valence-corrected chi connectivity index (χ1v) is 7.18. The largest absolute Gasteiger partial charge is 0.313 e. The summed E-state index contributed by atoms with van der Waals surface area (Å²) in [4.78, 5) is 10.8. The molecular weight excluding hydrogens is 240 g/mol. The molecule has 0 bridgehead atoms. The third-order valence-corrected chi connectivity index (χ3v) is 4.00. The van der Waals surface area contributed by atoms with Crippen molar-refractivity contribution >= 4 is 5.69 Å². The zero-order valence-electron chi connectivity index (χ0n) is 11.5. The normalized spacial score (nSPS) is 16.9. The van der Waals surface area contributed by atoms with Gasteiger partial charge in [-0.15, -0.1) is 0 Å². The number of nitro groups is 1. The van der Waals surface area contributed by atoms with Crippen molar-refractivity contribution in [2.75, 3.05) is 6.54 Å². The first kappa shape index (κ1) is 14.0. The van der Waals surface area contributed by atoms with Gasteiger partial charge in [0.05, 0.1) is 4.92 Å². The molecule has 4 nitrogen and oxygen atoms in total. The minimum absolute atomic E-state index is 0.255. The molecule has 0 spiro atoms. The van der Waals surface area contributed by atoms with Gasteiger partial charge in [0.2, 0.25) is 0 Å². The van der Waals surface area contributed by atoms with Crippen LogP contribution in [-0.4, -0.2) is 17.5 Å². The van der Waals surface area contributed by atoms with Crippen LogP contribution in [0.4, 0.5) is 5.69 Å². The summed E-state index contributed by atoms with van der Waals surface area (Å²) in [6.07, 6.45) is 5.66. The highest BCUT2D eigenvalue weighted by Gasteiger charge is 2.28. The number of para-hydroxylation sites is 1. The van der Waals surface area contributed by atoms with E-state index in [0.29, 0.717) is 12.0 Å². The van der Waals surface area contributed by atoms with E-state index in [1.807, 2.05) is 12.1 Å². The number of nitrogens with one attached hydrogen (secondary N) is 1. The highest BCUT2D eigenvalue weighted by atomic mass is 16.6. The average Bonchev–Trinajstić information content (AvgIpc) is 2.34. The zero-order valence-corrected chi connectivity index (χ0v) is 11.5. The van der Waals surface area contributed by atoms with E-state index in [-0.39, 0.29) is 10.6 Å².